The van der Waals surface area contributed by atoms with Crippen LogP contribution in [0.4, 0.5) is 5.69 Å². The Kier molecular flexibility index (Phi) is 4.36. The zero-order chi connectivity index (χ0) is 17.2. The zero-order valence-corrected chi connectivity index (χ0v) is 15.0. The molecule has 1 aromatic heterocycles. The predicted octanol–water partition coefficient (Wildman–Crippen LogP) is 4.86. The molecule has 25 heavy (non-hydrogen) atoms. The van der Waals surface area contributed by atoms with Crippen molar-refractivity contribution in [3.05, 3.63) is 70.7 Å². The number of benzene rings is 2. The lowest BCUT2D eigenvalue weighted by atomic mass is 9.90. The molecule has 0 spiro atoms. The molecule has 1 atom stereocenters. The van der Waals surface area contributed by atoms with Crippen LogP contribution in [0.15, 0.2) is 54.6 Å². The van der Waals surface area contributed by atoms with Crippen molar-refractivity contribution in [2.75, 3.05) is 5.32 Å². The number of nitrogens with one attached hydrogen (secondary N) is 1. The van der Waals surface area contributed by atoms with Crippen LogP contribution in [0.25, 0.3) is 10.6 Å². The molecule has 1 unspecified atom stereocenters. The minimum absolute atomic E-state index is 0.0258. The number of amides is 1. The second kappa shape index (κ2) is 6.81. The van der Waals surface area contributed by atoms with Crippen LogP contribution in [0.3, 0.4) is 0 Å². The molecule has 1 aliphatic carbocycles. The van der Waals surface area contributed by atoms with Gasteiger partial charge in [0.2, 0.25) is 5.91 Å². The van der Waals surface area contributed by atoms with Gasteiger partial charge in [0.05, 0.1) is 5.69 Å². The fourth-order valence-electron chi connectivity index (χ4n) is 3.18. The molecular weight excluding hydrogens is 328 g/mol. The average molecular weight is 348 g/mol. The van der Waals surface area contributed by atoms with Gasteiger partial charge < -0.3 is 5.32 Å². The molecule has 3 nitrogen and oxygen atoms in total. The smallest absolute Gasteiger partial charge is 0.227 e. The highest BCUT2D eigenvalue weighted by atomic mass is 32.1. The largest absolute Gasteiger partial charge is 0.326 e. The molecule has 0 radical (unpaired) electrons. The van der Waals surface area contributed by atoms with Gasteiger partial charge >= 0.3 is 0 Å². The lowest BCUT2D eigenvalue weighted by Crippen LogP contribution is -2.27. The maximum absolute atomic E-state index is 12.6. The number of anilines is 1. The van der Waals surface area contributed by atoms with Crippen LogP contribution < -0.4 is 5.32 Å². The number of thiazole rings is 1. The van der Waals surface area contributed by atoms with Gasteiger partial charge in [0, 0.05) is 22.0 Å². The lowest BCUT2D eigenvalue weighted by molar-refractivity contribution is -0.120. The average Bonchev–Trinajstić information content (AvgIpc) is 3.07. The maximum Gasteiger partial charge on any atom is 0.227 e. The van der Waals surface area contributed by atoms with Crippen LogP contribution in [0.2, 0.25) is 0 Å². The summed E-state index contributed by atoms with van der Waals surface area (Å²) in [7, 11) is 0. The van der Waals surface area contributed by atoms with E-state index < -0.39 is 0 Å². The maximum atomic E-state index is 12.6. The molecule has 4 heteroatoms. The second-order valence-electron chi connectivity index (χ2n) is 6.55. The predicted molar refractivity (Wildman–Crippen MR) is 103 cm³/mol. The van der Waals surface area contributed by atoms with Crippen LogP contribution in [-0.4, -0.2) is 10.9 Å². The Balaban J connectivity index is 1.48. The molecule has 2 aromatic carbocycles. The summed E-state index contributed by atoms with van der Waals surface area (Å²) in [6, 6.07) is 18.2. The van der Waals surface area contributed by atoms with E-state index in [0.29, 0.717) is 0 Å². The Labute approximate surface area is 151 Å². The monoisotopic (exact) mass is 348 g/mol. The number of fused-ring (bicyclic) bond motifs is 1. The highest BCUT2D eigenvalue weighted by Crippen LogP contribution is 2.34. The fourth-order valence-corrected chi connectivity index (χ4v) is 4.38. The summed E-state index contributed by atoms with van der Waals surface area (Å²) < 4.78 is 0. The minimum atomic E-state index is 0.0258. The number of aromatic nitrogens is 1. The van der Waals surface area contributed by atoms with Gasteiger partial charge in [-0.2, -0.15) is 0 Å². The molecule has 1 aliphatic rings. The van der Waals surface area contributed by atoms with E-state index in [9.17, 15) is 4.79 Å². The molecule has 126 valence electrons. The van der Waals surface area contributed by atoms with E-state index in [2.05, 4.69) is 17.4 Å². The molecule has 4 rings (SSSR count). The summed E-state index contributed by atoms with van der Waals surface area (Å²) in [6.07, 6.45) is 2.53. The van der Waals surface area contributed by atoms with E-state index >= 15 is 0 Å². The van der Waals surface area contributed by atoms with Gasteiger partial charge in [-0.3, -0.25) is 4.79 Å². The topological polar surface area (TPSA) is 42.0 Å². The summed E-state index contributed by atoms with van der Waals surface area (Å²) in [5.41, 5.74) is 4.39. The first-order valence-corrected chi connectivity index (χ1v) is 9.42. The summed E-state index contributed by atoms with van der Waals surface area (Å²) in [6.45, 7) is 2.04. The highest BCUT2D eigenvalue weighted by molar-refractivity contribution is 7.15. The highest BCUT2D eigenvalue weighted by Gasteiger charge is 2.27. The van der Waals surface area contributed by atoms with Gasteiger partial charge in [-0.15, -0.1) is 11.3 Å². The fraction of sp³-hybridized carbons (Fsp3) is 0.238. The number of nitrogens with zero attached hydrogens (tertiary/aromatic N) is 1. The van der Waals surface area contributed by atoms with Crippen molar-refractivity contribution >= 4 is 22.9 Å². The first-order valence-electron chi connectivity index (χ1n) is 8.60. The minimum Gasteiger partial charge on any atom is -0.326 e. The summed E-state index contributed by atoms with van der Waals surface area (Å²) >= 11 is 1.73. The second-order valence-corrected chi connectivity index (χ2v) is 7.63. The number of aryl methyl sites for hydroxylation is 2. The Morgan fingerprint density at radius 3 is 2.64 bits per heavy atom. The number of hydrogen-bond acceptors (Lipinski definition) is 3. The third-order valence-corrected chi connectivity index (χ3v) is 5.82. The molecule has 0 saturated heterocycles. The normalized spacial score (nSPS) is 16.3. The van der Waals surface area contributed by atoms with Crippen LogP contribution >= 0.6 is 11.3 Å². The van der Waals surface area contributed by atoms with Crippen molar-refractivity contribution in [3.63, 3.8) is 0 Å². The van der Waals surface area contributed by atoms with Gasteiger partial charge in [0.15, 0.2) is 0 Å². The summed E-state index contributed by atoms with van der Waals surface area (Å²) in [5.74, 6) is 0.141. The molecule has 0 bridgehead atoms. The van der Waals surface area contributed by atoms with Crippen molar-refractivity contribution in [1.82, 2.24) is 4.98 Å². The Hall–Kier alpha value is -2.46. The van der Waals surface area contributed by atoms with Gasteiger partial charge in [0.1, 0.15) is 5.01 Å². The summed E-state index contributed by atoms with van der Waals surface area (Å²) in [5, 5.41) is 4.11. The lowest BCUT2D eigenvalue weighted by Gasteiger charge is -2.20. The molecule has 1 amide bonds. The Morgan fingerprint density at radius 1 is 1.12 bits per heavy atom. The van der Waals surface area contributed by atoms with Crippen LogP contribution in [0.5, 0.6) is 0 Å². The van der Waals surface area contributed by atoms with Gasteiger partial charge in [-0.05, 0) is 38.3 Å². The van der Waals surface area contributed by atoms with Crippen LogP contribution in [0.1, 0.15) is 22.6 Å². The van der Waals surface area contributed by atoms with E-state index in [1.807, 2.05) is 49.4 Å². The standard InChI is InChI=1S/C21H20N2OS/c1-14-7-10-17(11-8-14)22-20(24)16-9-12-18-19(13-16)25-21(23-18)15-5-3-2-4-6-15/h2-8,10-11,16H,9,12-13H2,1H3,(H,22,24). The Morgan fingerprint density at radius 2 is 1.88 bits per heavy atom. The number of hydrogen-bond donors (Lipinski definition) is 1. The summed E-state index contributed by atoms with van der Waals surface area (Å²) in [4.78, 5) is 18.7. The zero-order valence-electron chi connectivity index (χ0n) is 14.2. The van der Waals surface area contributed by atoms with Crippen molar-refractivity contribution < 1.29 is 4.79 Å². The first kappa shape index (κ1) is 16.0. The molecule has 1 heterocycles. The molecule has 0 saturated carbocycles. The molecule has 3 aromatic rings. The quantitative estimate of drug-likeness (QED) is 0.734. The van der Waals surface area contributed by atoms with Gasteiger partial charge in [-0.1, -0.05) is 48.0 Å². The molecular formula is C21H20N2OS. The number of carbonyl (C=O) groups excluding carboxylic acids is 1. The van der Waals surface area contributed by atoms with E-state index in [1.165, 1.54) is 16.1 Å². The van der Waals surface area contributed by atoms with Crippen LogP contribution in [0, 0.1) is 12.8 Å². The SMILES string of the molecule is Cc1ccc(NC(=O)C2CCc3nc(-c4ccccc4)sc3C2)cc1. The molecule has 0 aliphatic heterocycles. The number of carbonyl (C=O) groups is 1. The molecule has 0 fully saturated rings. The third kappa shape index (κ3) is 3.49. The van der Waals surface area contributed by atoms with Gasteiger partial charge in [-0.25, -0.2) is 4.98 Å². The van der Waals surface area contributed by atoms with E-state index in [-0.39, 0.29) is 11.8 Å². The van der Waals surface area contributed by atoms with E-state index in [0.717, 1.165) is 35.5 Å². The van der Waals surface area contributed by atoms with Crippen molar-refractivity contribution in [2.24, 2.45) is 5.92 Å². The third-order valence-electron chi connectivity index (χ3n) is 4.65. The van der Waals surface area contributed by atoms with Gasteiger partial charge in [0.25, 0.3) is 0 Å². The van der Waals surface area contributed by atoms with E-state index in [1.54, 1.807) is 11.3 Å². The van der Waals surface area contributed by atoms with E-state index in [4.69, 9.17) is 4.98 Å². The Bertz CT molecular complexity index is 884. The van der Waals surface area contributed by atoms with Crippen molar-refractivity contribution in [1.29, 1.82) is 0 Å². The first-order chi connectivity index (χ1) is 12.2. The van der Waals surface area contributed by atoms with Crippen molar-refractivity contribution in [2.45, 2.75) is 26.2 Å². The van der Waals surface area contributed by atoms with Crippen LogP contribution in [-0.2, 0) is 17.6 Å². The number of rotatable bonds is 3. The molecule has 1 N–H and O–H groups in total. The van der Waals surface area contributed by atoms with Crippen molar-refractivity contribution in [3.8, 4) is 10.6 Å².